The normalized spacial score (nSPS) is 13.8. The molecule has 0 bridgehead atoms. The van der Waals surface area contributed by atoms with E-state index in [9.17, 15) is 4.79 Å². The van der Waals surface area contributed by atoms with Gasteiger partial charge in [0, 0.05) is 0 Å². The summed E-state index contributed by atoms with van der Waals surface area (Å²) in [4.78, 5) is 12.0. The Morgan fingerprint density at radius 3 is 1.81 bits per heavy atom. The van der Waals surface area contributed by atoms with Crippen LogP contribution >= 0.6 is 0 Å². The van der Waals surface area contributed by atoms with Gasteiger partial charge in [0.1, 0.15) is 5.60 Å². The van der Waals surface area contributed by atoms with Crippen LogP contribution in [0.15, 0.2) is 0 Å². The molecule has 0 aromatic carbocycles. The standard InChI is InChI=1S/C13H27NO2/c1-11(2,3)16-10(15)13(6,7)8-12(4,5)9-14/h8-9,14H2,1-7H3. The van der Waals surface area contributed by atoms with E-state index >= 15 is 0 Å². The van der Waals surface area contributed by atoms with E-state index in [0.29, 0.717) is 6.54 Å². The van der Waals surface area contributed by atoms with Gasteiger partial charge in [-0.1, -0.05) is 13.8 Å². The van der Waals surface area contributed by atoms with E-state index in [2.05, 4.69) is 13.8 Å². The predicted molar refractivity (Wildman–Crippen MR) is 67.1 cm³/mol. The van der Waals surface area contributed by atoms with E-state index in [1.165, 1.54) is 0 Å². The summed E-state index contributed by atoms with van der Waals surface area (Å²) in [6, 6.07) is 0. The van der Waals surface area contributed by atoms with Gasteiger partial charge < -0.3 is 10.5 Å². The Hall–Kier alpha value is -0.570. The van der Waals surface area contributed by atoms with Gasteiger partial charge in [0.05, 0.1) is 5.41 Å². The molecule has 2 N–H and O–H groups in total. The summed E-state index contributed by atoms with van der Waals surface area (Å²) in [6.07, 6.45) is 0.728. The van der Waals surface area contributed by atoms with Crippen LogP contribution in [0, 0.1) is 10.8 Å². The van der Waals surface area contributed by atoms with Gasteiger partial charge in [0.25, 0.3) is 0 Å². The molecule has 0 heterocycles. The average Bonchev–Trinajstić information content (AvgIpc) is 1.99. The molecular weight excluding hydrogens is 202 g/mol. The van der Waals surface area contributed by atoms with Crippen molar-refractivity contribution in [1.82, 2.24) is 0 Å². The van der Waals surface area contributed by atoms with Crippen LogP contribution in [0.5, 0.6) is 0 Å². The van der Waals surface area contributed by atoms with Crippen LogP contribution in [-0.2, 0) is 9.53 Å². The summed E-state index contributed by atoms with van der Waals surface area (Å²) in [7, 11) is 0. The molecule has 0 amide bonds. The van der Waals surface area contributed by atoms with Crippen LogP contribution in [0.4, 0.5) is 0 Å². The lowest BCUT2D eigenvalue weighted by Crippen LogP contribution is -2.38. The van der Waals surface area contributed by atoms with Gasteiger partial charge in [0.15, 0.2) is 0 Å². The largest absolute Gasteiger partial charge is 0.460 e. The monoisotopic (exact) mass is 229 g/mol. The molecule has 0 radical (unpaired) electrons. The molecule has 0 saturated heterocycles. The summed E-state index contributed by atoms with van der Waals surface area (Å²) in [5.74, 6) is -0.151. The highest BCUT2D eigenvalue weighted by atomic mass is 16.6. The Labute approximate surface area is 99.7 Å². The van der Waals surface area contributed by atoms with Gasteiger partial charge in [-0.25, -0.2) is 0 Å². The summed E-state index contributed by atoms with van der Waals surface area (Å²) >= 11 is 0. The molecule has 3 heteroatoms. The summed E-state index contributed by atoms with van der Waals surface area (Å²) in [5, 5.41) is 0. The number of rotatable bonds is 4. The van der Waals surface area contributed by atoms with E-state index in [1.807, 2.05) is 34.6 Å². The zero-order chi connectivity index (χ0) is 13.2. The highest BCUT2D eigenvalue weighted by Gasteiger charge is 2.37. The third kappa shape index (κ3) is 5.50. The number of ether oxygens (including phenoxy) is 1. The highest BCUT2D eigenvalue weighted by Crippen LogP contribution is 2.34. The zero-order valence-electron chi connectivity index (χ0n) is 11.8. The second-order valence-corrected chi connectivity index (χ2v) is 6.93. The fourth-order valence-electron chi connectivity index (χ4n) is 1.76. The van der Waals surface area contributed by atoms with Crippen LogP contribution in [0.3, 0.4) is 0 Å². The molecule has 16 heavy (non-hydrogen) atoms. The summed E-state index contributed by atoms with van der Waals surface area (Å²) < 4.78 is 5.41. The number of hydrogen-bond acceptors (Lipinski definition) is 3. The smallest absolute Gasteiger partial charge is 0.312 e. The zero-order valence-corrected chi connectivity index (χ0v) is 11.8. The van der Waals surface area contributed by atoms with Crippen molar-refractivity contribution >= 4 is 5.97 Å². The maximum absolute atomic E-state index is 12.0. The second kappa shape index (κ2) is 4.74. The maximum Gasteiger partial charge on any atom is 0.312 e. The van der Waals surface area contributed by atoms with Gasteiger partial charge in [-0.2, -0.15) is 0 Å². The predicted octanol–water partition coefficient (Wildman–Crippen LogP) is 2.73. The average molecular weight is 229 g/mol. The molecule has 0 spiro atoms. The quantitative estimate of drug-likeness (QED) is 0.754. The van der Waals surface area contributed by atoms with Crippen LogP contribution in [-0.4, -0.2) is 18.1 Å². The third-order valence-electron chi connectivity index (χ3n) is 2.42. The molecule has 0 saturated carbocycles. The first-order valence-corrected chi connectivity index (χ1v) is 5.83. The molecule has 0 aromatic rings. The molecule has 0 fully saturated rings. The number of esters is 1. The molecule has 0 rings (SSSR count). The first-order chi connectivity index (χ1) is 6.90. The molecule has 96 valence electrons. The van der Waals surface area contributed by atoms with Crippen LogP contribution < -0.4 is 5.73 Å². The van der Waals surface area contributed by atoms with Crippen molar-refractivity contribution in [2.75, 3.05) is 6.54 Å². The highest BCUT2D eigenvalue weighted by molar-refractivity contribution is 5.76. The van der Waals surface area contributed by atoms with E-state index < -0.39 is 11.0 Å². The SMILES string of the molecule is CC(C)(CN)CC(C)(C)C(=O)OC(C)(C)C. The van der Waals surface area contributed by atoms with Crippen molar-refractivity contribution in [2.24, 2.45) is 16.6 Å². The van der Waals surface area contributed by atoms with E-state index in [1.54, 1.807) is 0 Å². The first kappa shape index (κ1) is 15.4. The molecule has 0 aromatic heterocycles. The second-order valence-electron chi connectivity index (χ2n) is 6.93. The topological polar surface area (TPSA) is 52.3 Å². The van der Waals surface area contributed by atoms with Crippen molar-refractivity contribution in [2.45, 2.75) is 60.5 Å². The van der Waals surface area contributed by atoms with Gasteiger partial charge in [-0.3, -0.25) is 4.79 Å². The van der Waals surface area contributed by atoms with E-state index in [4.69, 9.17) is 10.5 Å². The molecular formula is C13H27NO2. The van der Waals surface area contributed by atoms with Gasteiger partial charge in [0.2, 0.25) is 0 Å². The minimum Gasteiger partial charge on any atom is -0.460 e. The van der Waals surface area contributed by atoms with Crippen molar-refractivity contribution < 1.29 is 9.53 Å². The van der Waals surface area contributed by atoms with Crippen molar-refractivity contribution in [1.29, 1.82) is 0 Å². The van der Waals surface area contributed by atoms with Crippen LogP contribution in [0.25, 0.3) is 0 Å². The van der Waals surface area contributed by atoms with Crippen LogP contribution in [0.1, 0.15) is 54.9 Å². The third-order valence-corrected chi connectivity index (χ3v) is 2.42. The summed E-state index contributed by atoms with van der Waals surface area (Å²) in [6.45, 7) is 14.2. The Balaban J connectivity index is 4.61. The Kier molecular flexibility index (Phi) is 4.57. The first-order valence-electron chi connectivity index (χ1n) is 5.83. The molecule has 0 atom stereocenters. The van der Waals surface area contributed by atoms with Gasteiger partial charge in [-0.15, -0.1) is 0 Å². The van der Waals surface area contributed by atoms with Gasteiger partial charge >= 0.3 is 5.97 Å². The van der Waals surface area contributed by atoms with Crippen molar-refractivity contribution in [3.63, 3.8) is 0 Å². The number of carbonyl (C=O) groups excluding carboxylic acids is 1. The van der Waals surface area contributed by atoms with Gasteiger partial charge in [-0.05, 0) is 53.0 Å². The molecule has 3 nitrogen and oxygen atoms in total. The molecule has 0 aliphatic heterocycles. The molecule has 0 unspecified atom stereocenters. The van der Waals surface area contributed by atoms with Crippen LogP contribution in [0.2, 0.25) is 0 Å². The summed E-state index contributed by atoms with van der Waals surface area (Å²) in [5.41, 5.74) is 4.73. The fourth-order valence-corrected chi connectivity index (χ4v) is 1.76. The Bertz CT molecular complexity index is 249. The maximum atomic E-state index is 12.0. The van der Waals surface area contributed by atoms with Crippen molar-refractivity contribution in [3.8, 4) is 0 Å². The van der Waals surface area contributed by atoms with E-state index in [-0.39, 0.29) is 11.4 Å². The molecule has 0 aliphatic rings. The lowest BCUT2D eigenvalue weighted by molar-refractivity contribution is -0.167. The van der Waals surface area contributed by atoms with E-state index in [0.717, 1.165) is 6.42 Å². The molecule has 0 aliphatic carbocycles. The fraction of sp³-hybridized carbons (Fsp3) is 0.923. The minimum absolute atomic E-state index is 0.0413. The number of carbonyl (C=O) groups is 1. The van der Waals surface area contributed by atoms with Crippen molar-refractivity contribution in [3.05, 3.63) is 0 Å². The number of nitrogens with two attached hydrogens (primary N) is 1. The minimum atomic E-state index is -0.490. The lowest BCUT2D eigenvalue weighted by atomic mass is 9.75. The number of hydrogen-bond donors (Lipinski definition) is 1. The Morgan fingerprint density at radius 2 is 1.50 bits per heavy atom. The Morgan fingerprint density at radius 1 is 1.06 bits per heavy atom. The lowest BCUT2D eigenvalue weighted by Gasteiger charge is -2.34.